The van der Waals surface area contributed by atoms with Crippen molar-refractivity contribution in [3.05, 3.63) is 81.9 Å². The minimum atomic E-state index is -3.95. The van der Waals surface area contributed by atoms with E-state index in [1.165, 1.54) is 44.2 Å². The Bertz CT molecular complexity index is 1420. The first kappa shape index (κ1) is 27.3. The third-order valence-electron chi connectivity index (χ3n) is 5.11. The predicted octanol–water partition coefficient (Wildman–Crippen LogP) is 5.06. The van der Waals surface area contributed by atoms with E-state index < -0.39 is 33.2 Å². The molecule has 0 aromatic heterocycles. The zero-order valence-electron chi connectivity index (χ0n) is 19.3. The first-order chi connectivity index (χ1) is 16.9. The topological polar surface area (TPSA) is 110 Å². The summed E-state index contributed by atoms with van der Waals surface area (Å²) in [6.07, 6.45) is -0.0237. The Kier molecular flexibility index (Phi) is 8.44. The second-order valence-electron chi connectivity index (χ2n) is 7.87. The highest BCUT2D eigenvalue weighted by Gasteiger charge is 2.26. The fourth-order valence-corrected chi connectivity index (χ4v) is 5.10. The van der Waals surface area contributed by atoms with E-state index in [0.29, 0.717) is 6.07 Å². The number of anilines is 1. The molecule has 0 atom stereocenters. The van der Waals surface area contributed by atoms with Crippen molar-refractivity contribution in [2.45, 2.75) is 25.2 Å². The normalized spacial score (nSPS) is 11.3. The highest BCUT2D eigenvalue weighted by Crippen LogP contribution is 2.39. The Labute approximate surface area is 211 Å². The smallest absolute Gasteiger partial charge is 0.221 e. The lowest BCUT2D eigenvalue weighted by Crippen LogP contribution is -2.13. The van der Waals surface area contributed by atoms with E-state index in [0.717, 1.165) is 12.1 Å². The van der Waals surface area contributed by atoms with Crippen molar-refractivity contribution in [2.75, 3.05) is 17.7 Å². The number of sulfone groups is 1. The van der Waals surface area contributed by atoms with Gasteiger partial charge in [0.15, 0.2) is 21.4 Å². The Balaban J connectivity index is 2.18. The molecule has 3 aromatic rings. The number of aliphatic hydroxyl groups is 1. The van der Waals surface area contributed by atoms with Crippen LogP contribution in [0.4, 0.5) is 14.5 Å². The fourth-order valence-electron chi connectivity index (χ4n) is 3.45. The molecular weight excluding hydrogens is 516 g/mol. The zero-order valence-corrected chi connectivity index (χ0v) is 20.8. The van der Waals surface area contributed by atoms with Gasteiger partial charge in [-0.2, -0.15) is 0 Å². The number of rotatable bonds is 9. The van der Waals surface area contributed by atoms with Gasteiger partial charge < -0.3 is 15.2 Å². The van der Waals surface area contributed by atoms with Crippen LogP contribution in [0.1, 0.15) is 34.8 Å². The molecule has 0 bridgehead atoms. The highest BCUT2D eigenvalue weighted by atomic mass is 35.5. The molecule has 0 aliphatic heterocycles. The van der Waals surface area contributed by atoms with Gasteiger partial charge in [-0.25, -0.2) is 17.2 Å². The Morgan fingerprint density at radius 3 is 2.33 bits per heavy atom. The standard InChI is InChI=1S/C25H22ClF2NO6S/c1-14-21(29-15(2)31)5-7-23(36(33,34)9-3-8-30)25(14)35-22-6-4-17(26)12-20(22)24(32)16-10-18(27)13-19(28)11-16/h4-7,10-13,30H,3,8-9H2,1-2H3,(H,29,31). The molecule has 0 aliphatic rings. The molecule has 36 heavy (non-hydrogen) atoms. The minimum absolute atomic E-state index is 0.0237. The van der Waals surface area contributed by atoms with Crippen LogP contribution in [0.2, 0.25) is 5.02 Å². The van der Waals surface area contributed by atoms with Gasteiger partial charge in [0.2, 0.25) is 5.91 Å². The minimum Gasteiger partial charge on any atom is -0.455 e. The van der Waals surface area contributed by atoms with E-state index >= 15 is 0 Å². The molecule has 0 fully saturated rings. The molecule has 11 heteroatoms. The summed E-state index contributed by atoms with van der Waals surface area (Å²) < 4.78 is 59.5. The van der Waals surface area contributed by atoms with E-state index in [2.05, 4.69) is 5.32 Å². The van der Waals surface area contributed by atoms with Crippen molar-refractivity contribution >= 4 is 38.8 Å². The molecule has 2 N–H and O–H groups in total. The molecule has 7 nitrogen and oxygen atoms in total. The van der Waals surface area contributed by atoms with Crippen molar-refractivity contribution in [1.29, 1.82) is 0 Å². The summed E-state index contributed by atoms with van der Waals surface area (Å²) in [5.41, 5.74) is 0.0442. The first-order valence-electron chi connectivity index (χ1n) is 10.7. The Morgan fingerprint density at radius 2 is 1.72 bits per heavy atom. The molecule has 0 heterocycles. The molecule has 0 saturated carbocycles. The molecular formula is C25H22ClF2NO6S. The molecule has 0 spiro atoms. The van der Waals surface area contributed by atoms with E-state index in [-0.39, 0.29) is 62.6 Å². The lowest BCUT2D eigenvalue weighted by atomic mass is 10.0. The molecule has 3 rings (SSSR count). The monoisotopic (exact) mass is 537 g/mol. The molecule has 0 saturated heterocycles. The van der Waals surface area contributed by atoms with Crippen LogP contribution in [-0.4, -0.2) is 37.6 Å². The van der Waals surface area contributed by atoms with Gasteiger partial charge in [0.1, 0.15) is 22.3 Å². The van der Waals surface area contributed by atoms with Crippen molar-refractivity contribution in [2.24, 2.45) is 0 Å². The van der Waals surface area contributed by atoms with Crippen molar-refractivity contribution in [1.82, 2.24) is 0 Å². The van der Waals surface area contributed by atoms with Crippen LogP contribution in [-0.2, 0) is 14.6 Å². The molecule has 0 unspecified atom stereocenters. The summed E-state index contributed by atoms with van der Waals surface area (Å²) >= 11 is 6.07. The average Bonchev–Trinajstić information content (AvgIpc) is 2.79. The summed E-state index contributed by atoms with van der Waals surface area (Å²) in [7, 11) is -3.95. The number of ketones is 1. The van der Waals surface area contributed by atoms with Crippen molar-refractivity contribution in [3.8, 4) is 11.5 Å². The number of hydrogen-bond acceptors (Lipinski definition) is 6. The van der Waals surface area contributed by atoms with Crippen LogP contribution in [0.25, 0.3) is 0 Å². The van der Waals surface area contributed by atoms with Crippen LogP contribution in [0.3, 0.4) is 0 Å². The van der Waals surface area contributed by atoms with Gasteiger partial charge in [0.05, 0.1) is 11.3 Å². The number of nitrogens with one attached hydrogen (secondary N) is 1. The van der Waals surface area contributed by atoms with E-state index in [1.807, 2.05) is 0 Å². The quantitative estimate of drug-likeness (QED) is 0.369. The maximum absolute atomic E-state index is 13.7. The van der Waals surface area contributed by atoms with Gasteiger partial charge in [0.25, 0.3) is 0 Å². The number of hydrogen-bond donors (Lipinski definition) is 2. The predicted molar refractivity (Wildman–Crippen MR) is 131 cm³/mol. The highest BCUT2D eigenvalue weighted by molar-refractivity contribution is 7.91. The second-order valence-corrected chi connectivity index (χ2v) is 10.4. The third kappa shape index (κ3) is 6.26. The first-order valence-corrected chi connectivity index (χ1v) is 12.7. The number of amides is 1. The summed E-state index contributed by atoms with van der Waals surface area (Å²) in [5, 5.41) is 11.8. The third-order valence-corrected chi connectivity index (χ3v) is 7.16. The fraction of sp³-hybridized carbons (Fsp3) is 0.200. The van der Waals surface area contributed by atoms with Gasteiger partial charge in [-0.15, -0.1) is 0 Å². The number of aliphatic hydroxyl groups excluding tert-OH is 1. The maximum atomic E-state index is 13.7. The number of benzene rings is 3. The maximum Gasteiger partial charge on any atom is 0.221 e. The van der Waals surface area contributed by atoms with E-state index in [1.54, 1.807) is 0 Å². The van der Waals surface area contributed by atoms with Crippen LogP contribution < -0.4 is 10.1 Å². The van der Waals surface area contributed by atoms with Gasteiger partial charge >= 0.3 is 0 Å². The number of carbonyl (C=O) groups is 2. The Morgan fingerprint density at radius 1 is 1.06 bits per heavy atom. The lowest BCUT2D eigenvalue weighted by molar-refractivity contribution is -0.114. The summed E-state index contributed by atoms with van der Waals surface area (Å²) in [6, 6.07) is 8.92. The number of ether oxygens (including phenoxy) is 1. The van der Waals surface area contributed by atoms with Gasteiger partial charge in [-0.1, -0.05) is 11.6 Å². The van der Waals surface area contributed by atoms with Gasteiger partial charge in [-0.05, 0) is 55.8 Å². The SMILES string of the molecule is CC(=O)Nc1ccc(S(=O)(=O)CCCO)c(Oc2ccc(Cl)cc2C(=O)c2cc(F)cc(F)c2)c1C. The second kappa shape index (κ2) is 11.2. The van der Waals surface area contributed by atoms with Crippen molar-refractivity contribution < 1.29 is 36.6 Å². The lowest BCUT2D eigenvalue weighted by Gasteiger charge is -2.19. The van der Waals surface area contributed by atoms with Crippen LogP contribution in [0, 0.1) is 18.6 Å². The van der Waals surface area contributed by atoms with E-state index in [4.69, 9.17) is 21.4 Å². The number of halogens is 3. The average molecular weight is 538 g/mol. The summed E-state index contributed by atoms with van der Waals surface area (Å²) in [4.78, 5) is 24.6. The van der Waals surface area contributed by atoms with E-state index in [9.17, 15) is 26.8 Å². The van der Waals surface area contributed by atoms with Crippen LogP contribution in [0.15, 0.2) is 53.4 Å². The Hall–Kier alpha value is -3.34. The van der Waals surface area contributed by atoms with Gasteiger partial charge in [-0.3, -0.25) is 9.59 Å². The molecule has 3 aromatic carbocycles. The van der Waals surface area contributed by atoms with Crippen LogP contribution >= 0.6 is 11.6 Å². The molecule has 0 aliphatic carbocycles. The molecule has 0 radical (unpaired) electrons. The van der Waals surface area contributed by atoms with Gasteiger partial charge in [0, 0.05) is 41.4 Å². The number of carbonyl (C=O) groups excluding carboxylic acids is 2. The summed E-state index contributed by atoms with van der Waals surface area (Å²) in [5.74, 6) is -3.82. The molecule has 1 amide bonds. The summed E-state index contributed by atoms with van der Waals surface area (Å²) in [6.45, 7) is 2.45. The zero-order chi connectivity index (χ0) is 26.6. The van der Waals surface area contributed by atoms with Crippen LogP contribution in [0.5, 0.6) is 11.5 Å². The van der Waals surface area contributed by atoms with Crippen molar-refractivity contribution in [3.63, 3.8) is 0 Å². The molecule has 190 valence electrons. The largest absolute Gasteiger partial charge is 0.455 e.